The second kappa shape index (κ2) is 8.18. The largest absolute Gasteiger partial charge is 0.378 e. The summed E-state index contributed by atoms with van der Waals surface area (Å²) in [5.74, 6) is -0.331. The van der Waals surface area contributed by atoms with E-state index in [4.69, 9.17) is 4.74 Å². The molecule has 1 atom stereocenters. The first-order valence-corrected chi connectivity index (χ1v) is 8.94. The van der Waals surface area contributed by atoms with E-state index < -0.39 is 4.92 Å². The third-order valence-corrected chi connectivity index (χ3v) is 4.78. The molecule has 1 saturated heterocycles. The van der Waals surface area contributed by atoms with Gasteiger partial charge in [-0.25, -0.2) is 0 Å². The van der Waals surface area contributed by atoms with Crippen LogP contribution >= 0.6 is 0 Å². The van der Waals surface area contributed by atoms with Gasteiger partial charge in [0.2, 0.25) is 0 Å². The molecular weight excluding hydrogens is 346 g/mol. The van der Waals surface area contributed by atoms with Crippen molar-refractivity contribution in [1.29, 1.82) is 0 Å². The average Bonchev–Trinajstić information content (AvgIpc) is 2.68. The summed E-state index contributed by atoms with van der Waals surface area (Å²) in [6.45, 7) is 6.76. The highest BCUT2D eigenvalue weighted by Crippen LogP contribution is 2.22. The molecule has 0 radical (unpaired) electrons. The summed E-state index contributed by atoms with van der Waals surface area (Å²) < 4.78 is 5.37. The van der Waals surface area contributed by atoms with Crippen molar-refractivity contribution in [1.82, 2.24) is 5.32 Å². The molecule has 1 N–H and O–H groups in total. The SMILES string of the molecule is Cc1ccc(C(=O)NC(C)c2ccc(N3CCOCC3)cc2)cc1[N+](=O)[O-]. The van der Waals surface area contributed by atoms with Crippen LogP contribution in [0.1, 0.15) is 34.5 Å². The molecule has 3 rings (SSSR count). The Morgan fingerprint density at radius 3 is 2.48 bits per heavy atom. The topological polar surface area (TPSA) is 84.7 Å². The van der Waals surface area contributed by atoms with Crippen molar-refractivity contribution in [2.45, 2.75) is 19.9 Å². The van der Waals surface area contributed by atoms with Crippen LogP contribution in [0.2, 0.25) is 0 Å². The second-order valence-corrected chi connectivity index (χ2v) is 6.64. The Labute approximate surface area is 158 Å². The molecule has 0 aliphatic carbocycles. The standard InChI is InChI=1S/C20H23N3O4/c1-14-3-4-17(13-19(14)23(25)26)20(24)21-15(2)16-5-7-18(8-6-16)22-9-11-27-12-10-22/h3-8,13,15H,9-12H2,1-2H3,(H,21,24). The lowest BCUT2D eigenvalue weighted by Gasteiger charge is -2.29. The van der Waals surface area contributed by atoms with Crippen LogP contribution in [-0.2, 0) is 4.74 Å². The number of nitro groups is 1. The van der Waals surface area contributed by atoms with Gasteiger partial charge in [0.05, 0.1) is 24.2 Å². The van der Waals surface area contributed by atoms with Gasteiger partial charge in [-0.2, -0.15) is 0 Å². The molecule has 0 bridgehead atoms. The maximum Gasteiger partial charge on any atom is 0.273 e. The molecule has 27 heavy (non-hydrogen) atoms. The first kappa shape index (κ1) is 18.8. The molecule has 1 aliphatic heterocycles. The van der Waals surface area contributed by atoms with Gasteiger partial charge >= 0.3 is 0 Å². The predicted molar refractivity (Wildman–Crippen MR) is 103 cm³/mol. The predicted octanol–water partition coefficient (Wildman–Crippen LogP) is 3.23. The summed E-state index contributed by atoms with van der Waals surface area (Å²) in [7, 11) is 0. The fraction of sp³-hybridized carbons (Fsp3) is 0.350. The number of benzene rings is 2. The van der Waals surface area contributed by atoms with E-state index in [1.54, 1.807) is 19.1 Å². The molecule has 1 fully saturated rings. The molecule has 1 aliphatic rings. The quantitative estimate of drug-likeness (QED) is 0.646. The first-order valence-electron chi connectivity index (χ1n) is 8.94. The number of rotatable bonds is 5. The van der Waals surface area contributed by atoms with E-state index in [0.29, 0.717) is 5.56 Å². The second-order valence-electron chi connectivity index (χ2n) is 6.64. The van der Waals surface area contributed by atoms with E-state index in [1.807, 2.05) is 31.2 Å². The molecule has 7 heteroatoms. The highest BCUT2D eigenvalue weighted by atomic mass is 16.6. The lowest BCUT2D eigenvalue weighted by molar-refractivity contribution is -0.385. The van der Waals surface area contributed by atoms with Gasteiger partial charge in [0.15, 0.2) is 0 Å². The van der Waals surface area contributed by atoms with Gasteiger partial charge in [0.1, 0.15) is 0 Å². The summed E-state index contributed by atoms with van der Waals surface area (Å²) in [5, 5.41) is 14.0. The van der Waals surface area contributed by atoms with E-state index in [9.17, 15) is 14.9 Å². The van der Waals surface area contributed by atoms with Crippen LogP contribution in [0.25, 0.3) is 0 Å². The van der Waals surface area contributed by atoms with Crippen LogP contribution in [0, 0.1) is 17.0 Å². The first-order chi connectivity index (χ1) is 13.0. The normalized spacial score (nSPS) is 15.3. The number of ether oxygens (including phenoxy) is 1. The number of nitrogens with zero attached hydrogens (tertiary/aromatic N) is 2. The molecule has 0 aromatic heterocycles. The Balaban J connectivity index is 1.67. The van der Waals surface area contributed by atoms with Gasteiger partial charge in [0, 0.05) is 36.0 Å². The van der Waals surface area contributed by atoms with Crippen molar-refractivity contribution in [3.63, 3.8) is 0 Å². The molecule has 1 heterocycles. The number of hydrogen-bond donors (Lipinski definition) is 1. The maximum atomic E-state index is 12.5. The summed E-state index contributed by atoms with van der Waals surface area (Å²) in [6, 6.07) is 12.4. The molecule has 7 nitrogen and oxygen atoms in total. The van der Waals surface area contributed by atoms with E-state index >= 15 is 0 Å². The summed E-state index contributed by atoms with van der Waals surface area (Å²) >= 11 is 0. The van der Waals surface area contributed by atoms with Crippen LogP contribution in [0.3, 0.4) is 0 Å². The van der Waals surface area contributed by atoms with E-state index in [-0.39, 0.29) is 23.2 Å². The zero-order chi connectivity index (χ0) is 19.4. The highest BCUT2D eigenvalue weighted by Gasteiger charge is 2.17. The minimum atomic E-state index is -0.472. The monoisotopic (exact) mass is 369 g/mol. The average molecular weight is 369 g/mol. The third-order valence-electron chi connectivity index (χ3n) is 4.78. The summed E-state index contributed by atoms with van der Waals surface area (Å²) in [4.78, 5) is 25.3. The van der Waals surface area contributed by atoms with E-state index in [1.165, 1.54) is 6.07 Å². The number of nitro benzene ring substituents is 1. The van der Waals surface area contributed by atoms with Gasteiger partial charge in [-0.1, -0.05) is 18.2 Å². The van der Waals surface area contributed by atoms with Gasteiger partial charge < -0.3 is 15.0 Å². The van der Waals surface area contributed by atoms with Crippen molar-refractivity contribution in [2.75, 3.05) is 31.2 Å². The number of morpholine rings is 1. The highest BCUT2D eigenvalue weighted by molar-refractivity contribution is 5.95. The van der Waals surface area contributed by atoms with Crippen LogP contribution in [-0.4, -0.2) is 37.1 Å². The summed E-state index contributed by atoms with van der Waals surface area (Å²) in [5.41, 5.74) is 2.87. The van der Waals surface area contributed by atoms with Crippen molar-refractivity contribution in [3.8, 4) is 0 Å². The number of carbonyl (C=O) groups excluding carboxylic acids is 1. The van der Waals surface area contributed by atoms with Crippen molar-refractivity contribution in [3.05, 3.63) is 69.3 Å². The van der Waals surface area contributed by atoms with Gasteiger partial charge in [0.25, 0.3) is 11.6 Å². The molecule has 0 spiro atoms. The van der Waals surface area contributed by atoms with Crippen LogP contribution in [0.4, 0.5) is 11.4 Å². The van der Waals surface area contributed by atoms with Gasteiger partial charge in [-0.3, -0.25) is 14.9 Å². The number of aryl methyl sites for hydroxylation is 1. The fourth-order valence-corrected chi connectivity index (χ4v) is 3.11. The van der Waals surface area contributed by atoms with Crippen LogP contribution < -0.4 is 10.2 Å². The molecule has 2 aromatic rings. The fourth-order valence-electron chi connectivity index (χ4n) is 3.11. The lowest BCUT2D eigenvalue weighted by atomic mass is 10.1. The number of carbonyl (C=O) groups is 1. The van der Waals surface area contributed by atoms with Crippen molar-refractivity contribution < 1.29 is 14.5 Å². The number of nitrogens with one attached hydrogen (secondary N) is 1. The third kappa shape index (κ3) is 4.43. The maximum absolute atomic E-state index is 12.5. The van der Waals surface area contributed by atoms with Gasteiger partial charge in [-0.05, 0) is 37.6 Å². The number of anilines is 1. The Morgan fingerprint density at radius 2 is 1.85 bits per heavy atom. The zero-order valence-electron chi connectivity index (χ0n) is 15.5. The minimum Gasteiger partial charge on any atom is -0.378 e. The van der Waals surface area contributed by atoms with E-state index in [0.717, 1.165) is 37.6 Å². The lowest BCUT2D eigenvalue weighted by Crippen LogP contribution is -2.36. The number of amides is 1. The minimum absolute atomic E-state index is 0.0508. The Morgan fingerprint density at radius 1 is 1.19 bits per heavy atom. The Kier molecular flexibility index (Phi) is 5.71. The molecular formula is C20H23N3O4. The molecule has 2 aromatic carbocycles. The number of hydrogen-bond acceptors (Lipinski definition) is 5. The molecule has 142 valence electrons. The smallest absolute Gasteiger partial charge is 0.273 e. The van der Waals surface area contributed by atoms with E-state index in [2.05, 4.69) is 10.2 Å². The van der Waals surface area contributed by atoms with Crippen molar-refractivity contribution in [2.24, 2.45) is 0 Å². The molecule has 1 amide bonds. The zero-order valence-corrected chi connectivity index (χ0v) is 15.5. The van der Waals surface area contributed by atoms with Gasteiger partial charge in [-0.15, -0.1) is 0 Å². The Bertz CT molecular complexity index is 830. The van der Waals surface area contributed by atoms with Crippen molar-refractivity contribution >= 4 is 17.3 Å². The summed E-state index contributed by atoms with van der Waals surface area (Å²) in [6.07, 6.45) is 0. The molecule has 1 unspecified atom stereocenters. The van der Waals surface area contributed by atoms with Crippen LogP contribution in [0.15, 0.2) is 42.5 Å². The molecule has 0 saturated carbocycles. The van der Waals surface area contributed by atoms with Crippen LogP contribution in [0.5, 0.6) is 0 Å². The Hall–Kier alpha value is -2.93.